The summed E-state index contributed by atoms with van der Waals surface area (Å²) in [5, 5.41) is 2.87. The molecule has 1 aliphatic rings. The van der Waals surface area contributed by atoms with Gasteiger partial charge in [0.15, 0.2) is 0 Å². The summed E-state index contributed by atoms with van der Waals surface area (Å²) < 4.78 is 5.40. The van der Waals surface area contributed by atoms with Gasteiger partial charge in [-0.3, -0.25) is 4.79 Å². The second-order valence-corrected chi connectivity index (χ2v) is 4.05. The van der Waals surface area contributed by atoms with Crippen molar-refractivity contribution >= 4 is 11.6 Å². The third kappa shape index (κ3) is 3.12. The maximum absolute atomic E-state index is 11.5. The Morgan fingerprint density at radius 2 is 2.12 bits per heavy atom. The van der Waals surface area contributed by atoms with E-state index in [1.807, 2.05) is 31.2 Å². The maximum Gasteiger partial charge on any atom is 0.239 e. The molecule has 1 fully saturated rings. The van der Waals surface area contributed by atoms with E-state index in [1.54, 1.807) is 0 Å². The molecule has 0 atom stereocenters. The lowest BCUT2D eigenvalue weighted by Gasteiger charge is -2.21. The standard InChI is InChI=1S/C13H18N2O2/c1-2-17-12-6-4-11(5-7-12)15-9-3-8-14-13(16)10-15/h4-7H,2-3,8-10H2,1H3,(H,14,16). The highest BCUT2D eigenvalue weighted by molar-refractivity contribution is 5.81. The summed E-state index contributed by atoms with van der Waals surface area (Å²) in [6, 6.07) is 7.90. The molecule has 1 N–H and O–H groups in total. The molecule has 4 heteroatoms. The van der Waals surface area contributed by atoms with Gasteiger partial charge in [0.25, 0.3) is 0 Å². The van der Waals surface area contributed by atoms with Crippen LogP contribution < -0.4 is 15.0 Å². The molecule has 0 spiro atoms. The fraction of sp³-hybridized carbons (Fsp3) is 0.462. The van der Waals surface area contributed by atoms with Crippen molar-refractivity contribution in [2.45, 2.75) is 13.3 Å². The molecule has 2 rings (SSSR count). The van der Waals surface area contributed by atoms with E-state index in [9.17, 15) is 4.79 Å². The van der Waals surface area contributed by atoms with Crippen LogP contribution in [0.15, 0.2) is 24.3 Å². The predicted molar refractivity (Wildman–Crippen MR) is 67.5 cm³/mol. The van der Waals surface area contributed by atoms with Crippen molar-refractivity contribution < 1.29 is 9.53 Å². The fourth-order valence-electron chi connectivity index (χ4n) is 1.95. The van der Waals surface area contributed by atoms with E-state index in [-0.39, 0.29) is 5.91 Å². The second kappa shape index (κ2) is 5.57. The average Bonchev–Trinajstić information content (AvgIpc) is 2.55. The smallest absolute Gasteiger partial charge is 0.239 e. The van der Waals surface area contributed by atoms with Crippen molar-refractivity contribution in [1.82, 2.24) is 5.32 Å². The van der Waals surface area contributed by atoms with Gasteiger partial charge in [-0.05, 0) is 37.6 Å². The second-order valence-electron chi connectivity index (χ2n) is 4.05. The van der Waals surface area contributed by atoms with Gasteiger partial charge >= 0.3 is 0 Å². The van der Waals surface area contributed by atoms with Crippen molar-refractivity contribution in [3.8, 4) is 5.75 Å². The van der Waals surface area contributed by atoms with Gasteiger partial charge in [0.05, 0.1) is 13.2 Å². The Balaban J connectivity index is 2.07. The molecule has 0 radical (unpaired) electrons. The Bertz CT molecular complexity index is 376. The topological polar surface area (TPSA) is 41.6 Å². The van der Waals surface area contributed by atoms with Gasteiger partial charge < -0.3 is 15.0 Å². The normalized spacial score (nSPS) is 16.3. The van der Waals surface area contributed by atoms with Gasteiger partial charge in [-0.25, -0.2) is 0 Å². The molecular weight excluding hydrogens is 216 g/mol. The lowest BCUT2D eigenvalue weighted by molar-refractivity contribution is -0.119. The fourth-order valence-corrected chi connectivity index (χ4v) is 1.95. The number of carbonyl (C=O) groups excluding carboxylic acids is 1. The number of nitrogens with one attached hydrogen (secondary N) is 1. The Morgan fingerprint density at radius 3 is 2.82 bits per heavy atom. The lowest BCUT2D eigenvalue weighted by atomic mass is 10.2. The first-order valence-corrected chi connectivity index (χ1v) is 6.04. The maximum atomic E-state index is 11.5. The van der Waals surface area contributed by atoms with E-state index in [0.29, 0.717) is 13.2 Å². The summed E-state index contributed by atoms with van der Waals surface area (Å²) in [5.41, 5.74) is 1.07. The number of rotatable bonds is 3. The van der Waals surface area contributed by atoms with Crippen LogP contribution in [-0.4, -0.2) is 32.1 Å². The van der Waals surface area contributed by atoms with Gasteiger partial charge in [0.1, 0.15) is 5.75 Å². The molecule has 0 saturated carbocycles. The summed E-state index contributed by atoms with van der Waals surface area (Å²) >= 11 is 0. The van der Waals surface area contributed by atoms with E-state index in [1.165, 1.54) is 0 Å². The Kier molecular flexibility index (Phi) is 3.85. The van der Waals surface area contributed by atoms with Crippen LogP contribution in [0, 0.1) is 0 Å². The quantitative estimate of drug-likeness (QED) is 0.859. The van der Waals surface area contributed by atoms with Gasteiger partial charge in [-0.1, -0.05) is 0 Å². The molecule has 4 nitrogen and oxygen atoms in total. The van der Waals surface area contributed by atoms with Crippen LogP contribution in [0.4, 0.5) is 5.69 Å². The molecule has 17 heavy (non-hydrogen) atoms. The molecule has 0 unspecified atom stereocenters. The first-order chi connectivity index (χ1) is 8.29. The van der Waals surface area contributed by atoms with Crippen LogP contribution in [0.5, 0.6) is 5.75 Å². The van der Waals surface area contributed by atoms with E-state index in [2.05, 4.69) is 10.2 Å². The van der Waals surface area contributed by atoms with Crippen LogP contribution in [-0.2, 0) is 4.79 Å². The third-order valence-corrected chi connectivity index (χ3v) is 2.77. The van der Waals surface area contributed by atoms with Crippen LogP contribution in [0.25, 0.3) is 0 Å². The molecule has 1 amide bonds. The first kappa shape index (κ1) is 11.8. The minimum absolute atomic E-state index is 0.0939. The molecule has 0 bridgehead atoms. The molecular formula is C13H18N2O2. The van der Waals surface area contributed by atoms with Gasteiger partial charge in [0, 0.05) is 18.8 Å². The van der Waals surface area contributed by atoms with Crippen LogP contribution >= 0.6 is 0 Å². The Morgan fingerprint density at radius 1 is 1.35 bits per heavy atom. The van der Waals surface area contributed by atoms with Crippen molar-refractivity contribution in [1.29, 1.82) is 0 Å². The van der Waals surface area contributed by atoms with Crippen LogP contribution in [0.1, 0.15) is 13.3 Å². The number of hydrogen-bond acceptors (Lipinski definition) is 3. The monoisotopic (exact) mass is 234 g/mol. The zero-order chi connectivity index (χ0) is 12.1. The van der Waals surface area contributed by atoms with E-state index in [4.69, 9.17) is 4.74 Å². The largest absolute Gasteiger partial charge is 0.494 e. The van der Waals surface area contributed by atoms with E-state index < -0.39 is 0 Å². The highest BCUT2D eigenvalue weighted by Gasteiger charge is 2.14. The summed E-state index contributed by atoms with van der Waals surface area (Å²) in [6.07, 6.45) is 0.985. The molecule has 1 aromatic rings. The number of nitrogens with zero attached hydrogens (tertiary/aromatic N) is 1. The summed E-state index contributed by atoms with van der Waals surface area (Å²) in [6.45, 7) is 4.76. The van der Waals surface area contributed by atoms with Gasteiger partial charge in [0.2, 0.25) is 5.91 Å². The minimum Gasteiger partial charge on any atom is -0.494 e. The molecule has 0 aliphatic carbocycles. The number of amides is 1. The van der Waals surface area contributed by atoms with Crippen LogP contribution in [0.2, 0.25) is 0 Å². The number of anilines is 1. The van der Waals surface area contributed by atoms with Crippen molar-refractivity contribution in [2.75, 3.05) is 31.1 Å². The molecule has 1 aliphatic heterocycles. The zero-order valence-corrected chi connectivity index (χ0v) is 10.1. The zero-order valence-electron chi connectivity index (χ0n) is 10.1. The number of carbonyl (C=O) groups is 1. The highest BCUT2D eigenvalue weighted by atomic mass is 16.5. The number of benzene rings is 1. The Hall–Kier alpha value is -1.71. The average molecular weight is 234 g/mol. The van der Waals surface area contributed by atoms with Crippen molar-refractivity contribution in [3.05, 3.63) is 24.3 Å². The predicted octanol–water partition coefficient (Wildman–Crippen LogP) is 1.41. The van der Waals surface area contributed by atoms with Crippen molar-refractivity contribution in [2.24, 2.45) is 0 Å². The van der Waals surface area contributed by atoms with Crippen molar-refractivity contribution in [3.63, 3.8) is 0 Å². The van der Waals surface area contributed by atoms with Crippen LogP contribution in [0.3, 0.4) is 0 Å². The highest BCUT2D eigenvalue weighted by Crippen LogP contribution is 2.20. The SMILES string of the molecule is CCOc1ccc(N2CCCNC(=O)C2)cc1. The minimum atomic E-state index is 0.0939. The van der Waals surface area contributed by atoms with Gasteiger partial charge in [-0.2, -0.15) is 0 Å². The van der Waals surface area contributed by atoms with E-state index >= 15 is 0 Å². The first-order valence-electron chi connectivity index (χ1n) is 6.04. The molecule has 1 aromatic carbocycles. The lowest BCUT2D eigenvalue weighted by Crippen LogP contribution is -2.32. The molecule has 92 valence electrons. The van der Waals surface area contributed by atoms with E-state index in [0.717, 1.165) is 30.9 Å². The van der Waals surface area contributed by atoms with Gasteiger partial charge in [-0.15, -0.1) is 0 Å². The molecule has 0 aromatic heterocycles. The summed E-state index contributed by atoms with van der Waals surface area (Å²) in [4.78, 5) is 13.6. The Labute approximate surface area is 102 Å². The molecule has 1 saturated heterocycles. The summed E-state index contributed by atoms with van der Waals surface area (Å²) in [7, 11) is 0. The third-order valence-electron chi connectivity index (χ3n) is 2.77. The molecule has 1 heterocycles. The summed E-state index contributed by atoms with van der Waals surface area (Å²) in [5.74, 6) is 0.965. The number of hydrogen-bond donors (Lipinski definition) is 1. The number of ether oxygens (including phenoxy) is 1.